The Hall–Kier alpha value is -2.43. The van der Waals surface area contributed by atoms with E-state index in [1.54, 1.807) is 6.20 Å². The molecule has 2 rings (SSSR count). The van der Waals surface area contributed by atoms with Gasteiger partial charge in [0.25, 0.3) is 5.91 Å². The summed E-state index contributed by atoms with van der Waals surface area (Å²) in [5.41, 5.74) is 2.22. The topological polar surface area (TPSA) is 66.9 Å². The lowest BCUT2D eigenvalue weighted by Crippen LogP contribution is -2.15. The molecule has 5 heteroatoms. The smallest absolute Gasteiger partial charge is 0.275 e. The number of anilines is 2. The van der Waals surface area contributed by atoms with Crippen molar-refractivity contribution >= 4 is 17.4 Å². The number of rotatable bonds is 6. The van der Waals surface area contributed by atoms with E-state index in [1.165, 1.54) is 6.20 Å². The maximum Gasteiger partial charge on any atom is 0.275 e. The first kappa shape index (κ1) is 15.0. The van der Waals surface area contributed by atoms with Crippen LogP contribution in [-0.4, -0.2) is 22.4 Å². The second kappa shape index (κ2) is 7.38. The summed E-state index contributed by atoms with van der Waals surface area (Å²) in [6.07, 6.45) is 4.94. The second-order valence-electron chi connectivity index (χ2n) is 4.68. The largest absolute Gasteiger partial charge is 0.369 e. The number of aromatic nitrogens is 2. The van der Waals surface area contributed by atoms with Crippen LogP contribution in [0.15, 0.2) is 36.7 Å². The summed E-state index contributed by atoms with van der Waals surface area (Å²) in [6, 6.07) is 7.75. The molecule has 0 aliphatic rings. The maximum absolute atomic E-state index is 12.2. The molecule has 5 nitrogen and oxygen atoms in total. The van der Waals surface area contributed by atoms with Crippen molar-refractivity contribution in [1.82, 2.24) is 9.97 Å². The molecule has 1 amide bonds. The van der Waals surface area contributed by atoms with Gasteiger partial charge in [-0.2, -0.15) is 0 Å². The lowest BCUT2D eigenvalue weighted by molar-refractivity contribution is 0.102. The Kier molecular flexibility index (Phi) is 5.26. The minimum absolute atomic E-state index is 0.245. The third-order valence-electron chi connectivity index (χ3n) is 3.09. The standard InChI is InChI=1S/C16H20N4O/c1-3-9-17-15-11-18-14(10-19-15)16(21)20-13-8-6-5-7-12(13)4-2/h5-8,10-11H,3-4,9H2,1-2H3,(H,17,19)(H,20,21). The van der Waals surface area contributed by atoms with Gasteiger partial charge in [0.1, 0.15) is 11.5 Å². The summed E-state index contributed by atoms with van der Waals surface area (Å²) < 4.78 is 0. The molecule has 1 aromatic carbocycles. The van der Waals surface area contributed by atoms with Crippen LogP contribution in [0.3, 0.4) is 0 Å². The van der Waals surface area contributed by atoms with Crippen molar-refractivity contribution < 1.29 is 4.79 Å². The van der Waals surface area contributed by atoms with Crippen LogP contribution >= 0.6 is 0 Å². The molecule has 1 aromatic heterocycles. The van der Waals surface area contributed by atoms with Crippen LogP contribution in [-0.2, 0) is 6.42 Å². The van der Waals surface area contributed by atoms with E-state index in [-0.39, 0.29) is 5.91 Å². The molecule has 0 spiro atoms. The fraction of sp³-hybridized carbons (Fsp3) is 0.312. The zero-order valence-corrected chi connectivity index (χ0v) is 12.4. The number of carbonyl (C=O) groups excluding carboxylic acids is 1. The second-order valence-corrected chi connectivity index (χ2v) is 4.68. The molecular formula is C16H20N4O. The third kappa shape index (κ3) is 4.02. The van der Waals surface area contributed by atoms with Gasteiger partial charge in [0.15, 0.2) is 0 Å². The van der Waals surface area contributed by atoms with Crippen molar-refractivity contribution in [3.8, 4) is 0 Å². The zero-order chi connectivity index (χ0) is 15.1. The van der Waals surface area contributed by atoms with Gasteiger partial charge < -0.3 is 10.6 Å². The van der Waals surface area contributed by atoms with E-state index in [4.69, 9.17) is 0 Å². The highest BCUT2D eigenvalue weighted by atomic mass is 16.1. The fourth-order valence-corrected chi connectivity index (χ4v) is 1.93. The maximum atomic E-state index is 12.2. The first-order valence-corrected chi connectivity index (χ1v) is 7.19. The Morgan fingerprint density at radius 3 is 2.62 bits per heavy atom. The van der Waals surface area contributed by atoms with E-state index >= 15 is 0 Å². The van der Waals surface area contributed by atoms with Gasteiger partial charge in [0.05, 0.1) is 12.4 Å². The molecule has 0 aliphatic heterocycles. The van der Waals surface area contributed by atoms with Crippen molar-refractivity contribution in [2.75, 3.05) is 17.2 Å². The van der Waals surface area contributed by atoms with Crippen molar-refractivity contribution in [2.45, 2.75) is 26.7 Å². The lowest BCUT2D eigenvalue weighted by atomic mass is 10.1. The summed E-state index contributed by atoms with van der Waals surface area (Å²) >= 11 is 0. The first-order valence-electron chi connectivity index (χ1n) is 7.19. The Labute approximate surface area is 124 Å². The molecule has 0 aliphatic carbocycles. The highest BCUT2D eigenvalue weighted by molar-refractivity contribution is 6.03. The number of nitrogens with one attached hydrogen (secondary N) is 2. The number of aryl methyl sites for hydroxylation is 1. The zero-order valence-electron chi connectivity index (χ0n) is 12.4. The number of hydrogen-bond donors (Lipinski definition) is 2. The summed E-state index contributed by atoms with van der Waals surface area (Å²) in [7, 11) is 0. The fourth-order valence-electron chi connectivity index (χ4n) is 1.93. The highest BCUT2D eigenvalue weighted by Gasteiger charge is 2.10. The van der Waals surface area contributed by atoms with Crippen molar-refractivity contribution in [3.63, 3.8) is 0 Å². The van der Waals surface area contributed by atoms with E-state index in [2.05, 4.69) is 34.4 Å². The number of amides is 1. The van der Waals surface area contributed by atoms with Gasteiger partial charge in [-0.25, -0.2) is 9.97 Å². The van der Waals surface area contributed by atoms with Gasteiger partial charge in [-0.3, -0.25) is 4.79 Å². The number of para-hydroxylation sites is 1. The predicted octanol–water partition coefficient (Wildman–Crippen LogP) is 3.11. The summed E-state index contributed by atoms with van der Waals surface area (Å²) in [4.78, 5) is 20.5. The average Bonchev–Trinajstić information content (AvgIpc) is 2.54. The van der Waals surface area contributed by atoms with Gasteiger partial charge in [0, 0.05) is 12.2 Å². The predicted molar refractivity (Wildman–Crippen MR) is 84.6 cm³/mol. The third-order valence-corrected chi connectivity index (χ3v) is 3.09. The van der Waals surface area contributed by atoms with Gasteiger partial charge in [-0.15, -0.1) is 0 Å². The van der Waals surface area contributed by atoms with Crippen LogP contribution in [0.2, 0.25) is 0 Å². The van der Waals surface area contributed by atoms with Crippen LogP contribution in [0.4, 0.5) is 11.5 Å². The molecule has 1 heterocycles. The first-order chi connectivity index (χ1) is 10.2. The van der Waals surface area contributed by atoms with Crippen LogP contribution in [0, 0.1) is 0 Å². The summed E-state index contributed by atoms with van der Waals surface area (Å²) in [5, 5.41) is 6.00. The van der Waals surface area contributed by atoms with Crippen LogP contribution in [0.25, 0.3) is 0 Å². The van der Waals surface area contributed by atoms with E-state index in [1.807, 2.05) is 24.3 Å². The van der Waals surface area contributed by atoms with Gasteiger partial charge in [-0.1, -0.05) is 32.0 Å². The summed E-state index contributed by atoms with van der Waals surface area (Å²) in [5.74, 6) is 0.438. The summed E-state index contributed by atoms with van der Waals surface area (Å²) in [6.45, 7) is 4.97. The molecule has 21 heavy (non-hydrogen) atoms. The van der Waals surface area contributed by atoms with Gasteiger partial charge >= 0.3 is 0 Å². The lowest BCUT2D eigenvalue weighted by Gasteiger charge is -2.09. The van der Waals surface area contributed by atoms with E-state index in [0.717, 1.165) is 30.6 Å². The van der Waals surface area contributed by atoms with Gasteiger partial charge in [-0.05, 0) is 24.5 Å². The molecular weight excluding hydrogens is 264 g/mol. The Bertz CT molecular complexity index is 595. The van der Waals surface area contributed by atoms with E-state index in [0.29, 0.717) is 11.5 Å². The molecule has 0 fully saturated rings. The van der Waals surface area contributed by atoms with Crippen molar-refractivity contribution in [3.05, 3.63) is 47.9 Å². The van der Waals surface area contributed by atoms with Crippen LogP contribution < -0.4 is 10.6 Å². The Balaban J connectivity index is 2.06. The highest BCUT2D eigenvalue weighted by Crippen LogP contribution is 2.16. The average molecular weight is 284 g/mol. The molecule has 0 radical (unpaired) electrons. The number of hydrogen-bond acceptors (Lipinski definition) is 4. The number of benzene rings is 1. The van der Waals surface area contributed by atoms with E-state index < -0.39 is 0 Å². The van der Waals surface area contributed by atoms with Gasteiger partial charge in [0.2, 0.25) is 0 Å². The molecule has 0 unspecified atom stereocenters. The SMILES string of the molecule is CCCNc1cnc(C(=O)Nc2ccccc2CC)cn1. The number of nitrogens with zero attached hydrogens (tertiary/aromatic N) is 2. The van der Waals surface area contributed by atoms with Crippen molar-refractivity contribution in [2.24, 2.45) is 0 Å². The quantitative estimate of drug-likeness (QED) is 0.855. The van der Waals surface area contributed by atoms with Crippen molar-refractivity contribution in [1.29, 1.82) is 0 Å². The van der Waals surface area contributed by atoms with Crippen LogP contribution in [0.1, 0.15) is 36.3 Å². The number of carbonyl (C=O) groups is 1. The minimum atomic E-state index is -0.245. The molecule has 110 valence electrons. The van der Waals surface area contributed by atoms with Crippen LogP contribution in [0.5, 0.6) is 0 Å². The normalized spacial score (nSPS) is 10.2. The molecule has 0 saturated carbocycles. The molecule has 0 atom stereocenters. The monoisotopic (exact) mass is 284 g/mol. The van der Waals surface area contributed by atoms with E-state index in [9.17, 15) is 4.79 Å². The Morgan fingerprint density at radius 2 is 1.95 bits per heavy atom. The Morgan fingerprint density at radius 1 is 1.14 bits per heavy atom. The molecule has 0 bridgehead atoms. The molecule has 0 saturated heterocycles. The molecule has 2 aromatic rings. The minimum Gasteiger partial charge on any atom is -0.369 e. The molecule has 2 N–H and O–H groups in total.